The maximum absolute atomic E-state index is 10.8. The van der Waals surface area contributed by atoms with Gasteiger partial charge in [0.05, 0.1) is 7.11 Å². The third kappa shape index (κ3) is 3.44. The molecular formula is C12H14O2. The van der Waals surface area contributed by atoms with Gasteiger partial charge in [0.25, 0.3) is 0 Å². The summed E-state index contributed by atoms with van der Waals surface area (Å²) in [6, 6.07) is 0. The van der Waals surface area contributed by atoms with Crippen LogP contribution < -0.4 is 0 Å². The summed E-state index contributed by atoms with van der Waals surface area (Å²) < 4.78 is 4.50. The van der Waals surface area contributed by atoms with E-state index in [4.69, 9.17) is 0 Å². The van der Waals surface area contributed by atoms with E-state index >= 15 is 0 Å². The van der Waals surface area contributed by atoms with Gasteiger partial charge < -0.3 is 4.74 Å². The van der Waals surface area contributed by atoms with Gasteiger partial charge in [-0.2, -0.15) is 0 Å². The van der Waals surface area contributed by atoms with Gasteiger partial charge in [-0.1, -0.05) is 37.3 Å². The van der Waals surface area contributed by atoms with Crippen LogP contribution in [0.1, 0.15) is 6.92 Å². The molecule has 0 fully saturated rings. The Balaban J connectivity index is 2.66. The molecule has 0 saturated heterocycles. The summed E-state index contributed by atoms with van der Waals surface area (Å²) in [4.78, 5) is 10.8. The first-order valence-corrected chi connectivity index (χ1v) is 4.55. The third-order valence-corrected chi connectivity index (χ3v) is 1.91. The summed E-state index contributed by atoms with van der Waals surface area (Å²) >= 11 is 0. The van der Waals surface area contributed by atoms with Gasteiger partial charge in [-0.25, -0.2) is 4.79 Å². The molecule has 2 heteroatoms. The Hall–Kier alpha value is -1.57. The SMILES string of the molecule is COC(=O)/C=C/C1=CC=CC(C)C=C1. The molecule has 0 aromatic carbocycles. The minimum atomic E-state index is -0.333. The number of allylic oxidation sites excluding steroid dienone is 7. The monoisotopic (exact) mass is 190 g/mol. The molecule has 0 saturated carbocycles. The highest BCUT2D eigenvalue weighted by molar-refractivity contribution is 5.82. The normalized spacial score (nSPS) is 20.7. The molecule has 0 bridgehead atoms. The molecule has 0 spiro atoms. The van der Waals surface area contributed by atoms with E-state index < -0.39 is 0 Å². The van der Waals surface area contributed by atoms with Crippen molar-refractivity contribution >= 4 is 5.97 Å². The van der Waals surface area contributed by atoms with E-state index in [-0.39, 0.29) is 5.97 Å². The molecule has 74 valence electrons. The van der Waals surface area contributed by atoms with Gasteiger partial charge in [0.2, 0.25) is 0 Å². The molecule has 1 rings (SSSR count). The highest BCUT2D eigenvalue weighted by Gasteiger charge is 1.95. The fourth-order valence-electron chi connectivity index (χ4n) is 1.07. The Morgan fingerprint density at radius 2 is 2.29 bits per heavy atom. The van der Waals surface area contributed by atoms with Gasteiger partial charge in [0.15, 0.2) is 0 Å². The lowest BCUT2D eigenvalue weighted by Gasteiger charge is -1.93. The van der Waals surface area contributed by atoms with Crippen LogP contribution in [0.4, 0.5) is 0 Å². The second-order valence-corrected chi connectivity index (χ2v) is 3.13. The maximum atomic E-state index is 10.8. The first-order chi connectivity index (χ1) is 6.72. The van der Waals surface area contributed by atoms with Gasteiger partial charge in [-0.05, 0) is 17.6 Å². The predicted molar refractivity (Wildman–Crippen MR) is 56.7 cm³/mol. The molecule has 14 heavy (non-hydrogen) atoms. The molecule has 1 aliphatic carbocycles. The molecular weight excluding hydrogens is 176 g/mol. The van der Waals surface area contributed by atoms with Crippen molar-refractivity contribution in [1.82, 2.24) is 0 Å². The molecule has 0 aromatic heterocycles. The molecule has 1 atom stereocenters. The molecule has 2 nitrogen and oxygen atoms in total. The number of carbonyl (C=O) groups is 1. The maximum Gasteiger partial charge on any atom is 0.330 e. The Bertz CT molecular complexity index is 319. The minimum Gasteiger partial charge on any atom is -0.466 e. The van der Waals surface area contributed by atoms with Crippen molar-refractivity contribution in [3.63, 3.8) is 0 Å². The van der Waals surface area contributed by atoms with E-state index in [2.05, 4.69) is 23.8 Å². The zero-order chi connectivity index (χ0) is 10.4. The standard InChI is InChI=1S/C12H14O2/c1-10-4-3-5-11(7-6-10)8-9-12(13)14-2/h3-10H,1-2H3/b9-8+. The van der Waals surface area contributed by atoms with Crippen LogP contribution in [-0.4, -0.2) is 13.1 Å². The number of rotatable bonds is 2. The van der Waals surface area contributed by atoms with Gasteiger partial charge in [-0.15, -0.1) is 0 Å². The molecule has 0 aliphatic heterocycles. The van der Waals surface area contributed by atoms with Crippen LogP contribution in [0.5, 0.6) is 0 Å². The van der Waals surface area contributed by atoms with Gasteiger partial charge >= 0.3 is 5.97 Å². The number of hydrogen-bond acceptors (Lipinski definition) is 2. The average Bonchev–Trinajstić information content (AvgIpc) is 2.39. The lowest BCUT2D eigenvalue weighted by Crippen LogP contribution is -1.93. The van der Waals surface area contributed by atoms with Crippen molar-refractivity contribution in [3.05, 3.63) is 48.1 Å². The molecule has 1 unspecified atom stereocenters. The van der Waals surface area contributed by atoms with Crippen molar-refractivity contribution in [2.75, 3.05) is 7.11 Å². The third-order valence-electron chi connectivity index (χ3n) is 1.91. The zero-order valence-electron chi connectivity index (χ0n) is 8.44. The van der Waals surface area contributed by atoms with Crippen molar-refractivity contribution in [2.24, 2.45) is 5.92 Å². The van der Waals surface area contributed by atoms with Gasteiger partial charge in [0.1, 0.15) is 0 Å². The second kappa shape index (κ2) is 5.22. The molecule has 0 amide bonds. The first kappa shape index (κ1) is 10.5. The second-order valence-electron chi connectivity index (χ2n) is 3.13. The largest absolute Gasteiger partial charge is 0.466 e. The molecule has 0 N–H and O–H groups in total. The Kier molecular flexibility index (Phi) is 3.92. The molecule has 0 radical (unpaired) electrons. The number of methoxy groups -OCH3 is 1. The van der Waals surface area contributed by atoms with Crippen LogP contribution >= 0.6 is 0 Å². The minimum absolute atomic E-state index is 0.333. The van der Waals surface area contributed by atoms with E-state index in [1.54, 1.807) is 6.08 Å². The van der Waals surface area contributed by atoms with Crippen LogP contribution in [0.2, 0.25) is 0 Å². The predicted octanol–water partition coefficient (Wildman–Crippen LogP) is 2.40. The first-order valence-electron chi connectivity index (χ1n) is 4.55. The quantitative estimate of drug-likeness (QED) is 0.493. The number of carbonyl (C=O) groups excluding carboxylic acids is 1. The Morgan fingerprint density at radius 1 is 1.50 bits per heavy atom. The summed E-state index contributed by atoms with van der Waals surface area (Å²) in [5.74, 6) is 0.107. The number of esters is 1. The smallest absolute Gasteiger partial charge is 0.330 e. The topological polar surface area (TPSA) is 26.3 Å². The van der Waals surface area contributed by atoms with Gasteiger partial charge in [0, 0.05) is 6.08 Å². The van der Waals surface area contributed by atoms with Crippen molar-refractivity contribution < 1.29 is 9.53 Å². The number of hydrogen-bond donors (Lipinski definition) is 0. The fourth-order valence-corrected chi connectivity index (χ4v) is 1.07. The highest BCUT2D eigenvalue weighted by atomic mass is 16.5. The van der Waals surface area contributed by atoms with Crippen molar-refractivity contribution in [3.8, 4) is 0 Å². The van der Waals surface area contributed by atoms with Crippen LogP contribution in [-0.2, 0) is 9.53 Å². The highest BCUT2D eigenvalue weighted by Crippen LogP contribution is 2.10. The van der Waals surface area contributed by atoms with Crippen molar-refractivity contribution in [2.45, 2.75) is 6.92 Å². The Morgan fingerprint density at radius 3 is 3.00 bits per heavy atom. The average molecular weight is 190 g/mol. The Labute approximate surface area is 84.3 Å². The number of ether oxygens (including phenoxy) is 1. The molecule has 1 aliphatic rings. The van der Waals surface area contributed by atoms with E-state index in [1.807, 2.05) is 18.2 Å². The summed E-state index contributed by atoms with van der Waals surface area (Å²) in [5, 5.41) is 0. The van der Waals surface area contributed by atoms with Crippen LogP contribution in [0.3, 0.4) is 0 Å². The summed E-state index contributed by atoms with van der Waals surface area (Å²) in [6.45, 7) is 2.10. The van der Waals surface area contributed by atoms with E-state index in [0.717, 1.165) is 5.57 Å². The van der Waals surface area contributed by atoms with Gasteiger partial charge in [-0.3, -0.25) is 0 Å². The molecule has 0 aromatic rings. The van der Waals surface area contributed by atoms with E-state index in [0.29, 0.717) is 5.92 Å². The zero-order valence-corrected chi connectivity index (χ0v) is 8.44. The fraction of sp³-hybridized carbons (Fsp3) is 0.250. The van der Waals surface area contributed by atoms with Crippen LogP contribution in [0.25, 0.3) is 0 Å². The summed E-state index contributed by atoms with van der Waals surface area (Å²) in [7, 11) is 1.37. The summed E-state index contributed by atoms with van der Waals surface area (Å²) in [5.41, 5.74) is 0.996. The van der Waals surface area contributed by atoms with E-state index in [9.17, 15) is 4.79 Å². The van der Waals surface area contributed by atoms with E-state index in [1.165, 1.54) is 13.2 Å². The molecule has 0 heterocycles. The summed E-state index contributed by atoms with van der Waals surface area (Å²) in [6.07, 6.45) is 13.3. The van der Waals surface area contributed by atoms with Crippen LogP contribution in [0, 0.1) is 5.92 Å². The van der Waals surface area contributed by atoms with Crippen molar-refractivity contribution in [1.29, 1.82) is 0 Å². The lowest BCUT2D eigenvalue weighted by atomic mass is 10.1. The lowest BCUT2D eigenvalue weighted by molar-refractivity contribution is -0.134. The van der Waals surface area contributed by atoms with Crippen LogP contribution in [0.15, 0.2) is 48.1 Å².